The zero-order valence-corrected chi connectivity index (χ0v) is 13.2. The highest BCUT2D eigenvalue weighted by Gasteiger charge is 2.42. The first-order valence-corrected chi connectivity index (χ1v) is 7.89. The molecule has 1 heterocycles. The van der Waals surface area contributed by atoms with Crippen LogP contribution < -0.4 is 5.32 Å². The van der Waals surface area contributed by atoms with E-state index in [2.05, 4.69) is 22.6 Å². The highest BCUT2D eigenvalue weighted by Crippen LogP contribution is 2.41. The second-order valence-corrected chi connectivity index (χ2v) is 6.14. The van der Waals surface area contributed by atoms with Gasteiger partial charge in [0.2, 0.25) is 5.91 Å². The lowest BCUT2D eigenvalue weighted by Gasteiger charge is -2.28. The third-order valence-electron chi connectivity index (χ3n) is 4.83. The number of carbonyl (C=O) groups is 1. The van der Waals surface area contributed by atoms with Crippen LogP contribution >= 0.6 is 0 Å². The van der Waals surface area contributed by atoms with Crippen LogP contribution in [0.25, 0.3) is 0 Å². The first kappa shape index (κ1) is 14.8. The lowest BCUT2D eigenvalue weighted by molar-refractivity contribution is -0.126. The lowest BCUT2D eigenvalue weighted by Crippen LogP contribution is -2.42. The third kappa shape index (κ3) is 2.54. The summed E-state index contributed by atoms with van der Waals surface area (Å²) in [6.07, 6.45) is 4.05. The van der Waals surface area contributed by atoms with E-state index in [-0.39, 0.29) is 11.3 Å². The van der Waals surface area contributed by atoms with Gasteiger partial charge in [0.1, 0.15) is 5.76 Å². The van der Waals surface area contributed by atoms with Gasteiger partial charge < -0.3 is 9.84 Å². The number of hydrogen-bond acceptors (Lipinski definition) is 3. The molecule has 1 amide bonds. The molecule has 3 rings (SSSR count). The molecule has 1 aromatic heterocycles. The van der Waals surface area contributed by atoms with Crippen LogP contribution in [-0.4, -0.2) is 11.1 Å². The molecule has 1 saturated carbocycles. The summed E-state index contributed by atoms with van der Waals surface area (Å²) in [7, 11) is 0. The van der Waals surface area contributed by atoms with E-state index in [1.165, 1.54) is 0 Å². The first-order valence-electron chi connectivity index (χ1n) is 7.89. The maximum absolute atomic E-state index is 12.9. The maximum Gasteiger partial charge on any atom is 0.230 e. The smallest absolute Gasteiger partial charge is 0.230 e. The molecular weight excluding hydrogens is 276 g/mol. The van der Waals surface area contributed by atoms with Gasteiger partial charge in [-0.2, -0.15) is 0 Å². The lowest BCUT2D eigenvalue weighted by atomic mass is 9.78. The van der Waals surface area contributed by atoms with Crippen molar-refractivity contribution < 1.29 is 9.32 Å². The molecule has 0 saturated heterocycles. The molecule has 0 aliphatic heterocycles. The highest BCUT2D eigenvalue weighted by atomic mass is 16.5. The van der Waals surface area contributed by atoms with Crippen LogP contribution in [0.1, 0.15) is 48.3 Å². The Hall–Kier alpha value is -2.10. The van der Waals surface area contributed by atoms with E-state index in [9.17, 15) is 4.79 Å². The zero-order valence-electron chi connectivity index (χ0n) is 13.2. The normalized spacial score (nSPS) is 16.6. The summed E-state index contributed by atoms with van der Waals surface area (Å²) in [5.74, 6) is 0.897. The molecule has 4 nitrogen and oxygen atoms in total. The van der Waals surface area contributed by atoms with E-state index < -0.39 is 0 Å². The van der Waals surface area contributed by atoms with Gasteiger partial charge in [-0.15, -0.1) is 0 Å². The van der Waals surface area contributed by atoms with E-state index in [0.717, 1.165) is 48.3 Å². The minimum absolute atomic E-state index is 0.121. The fraction of sp³-hybridized carbons (Fsp3) is 0.444. The molecule has 0 unspecified atom stereocenters. The number of rotatable bonds is 4. The standard InChI is InChI=1S/C18H22N2O2/c1-13-16(14(2)22-20-13)12-19-17(21)18(10-6-7-11-18)15-8-4-3-5-9-15/h3-5,8-9H,6-7,10-12H2,1-2H3,(H,19,21). The predicted molar refractivity (Wildman–Crippen MR) is 84.4 cm³/mol. The van der Waals surface area contributed by atoms with Crippen LogP contribution in [0.4, 0.5) is 0 Å². The van der Waals surface area contributed by atoms with Crippen LogP contribution in [0.15, 0.2) is 34.9 Å². The molecule has 0 bridgehead atoms. The van der Waals surface area contributed by atoms with Gasteiger partial charge in [-0.3, -0.25) is 4.79 Å². The Morgan fingerprint density at radius 3 is 2.50 bits per heavy atom. The van der Waals surface area contributed by atoms with Crippen molar-refractivity contribution in [1.29, 1.82) is 0 Å². The molecule has 4 heteroatoms. The van der Waals surface area contributed by atoms with Gasteiger partial charge >= 0.3 is 0 Å². The van der Waals surface area contributed by atoms with Gasteiger partial charge in [-0.25, -0.2) is 0 Å². The molecule has 1 aliphatic carbocycles. The van der Waals surface area contributed by atoms with E-state index >= 15 is 0 Å². The second kappa shape index (κ2) is 5.95. The molecule has 0 spiro atoms. The number of hydrogen-bond donors (Lipinski definition) is 1. The van der Waals surface area contributed by atoms with Crippen LogP contribution in [0.3, 0.4) is 0 Å². The number of amides is 1. The molecule has 1 aromatic carbocycles. The van der Waals surface area contributed by atoms with E-state index in [1.807, 2.05) is 32.0 Å². The van der Waals surface area contributed by atoms with Crippen LogP contribution in [0.2, 0.25) is 0 Å². The quantitative estimate of drug-likeness (QED) is 0.941. The van der Waals surface area contributed by atoms with Gasteiger partial charge in [-0.1, -0.05) is 48.3 Å². The molecule has 22 heavy (non-hydrogen) atoms. The fourth-order valence-corrected chi connectivity index (χ4v) is 3.47. The Labute approximate surface area is 130 Å². The van der Waals surface area contributed by atoms with Crippen molar-refractivity contribution in [2.45, 2.75) is 51.5 Å². The highest BCUT2D eigenvalue weighted by molar-refractivity contribution is 5.88. The van der Waals surface area contributed by atoms with Crippen molar-refractivity contribution in [2.75, 3.05) is 0 Å². The average Bonchev–Trinajstić information content (AvgIpc) is 3.15. The second-order valence-electron chi connectivity index (χ2n) is 6.14. The minimum atomic E-state index is -0.375. The Bertz CT molecular complexity index is 635. The summed E-state index contributed by atoms with van der Waals surface area (Å²) in [4.78, 5) is 12.9. The first-order chi connectivity index (χ1) is 10.6. The third-order valence-corrected chi connectivity index (χ3v) is 4.83. The van der Waals surface area contributed by atoms with Crippen molar-refractivity contribution >= 4 is 5.91 Å². The largest absolute Gasteiger partial charge is 0.361 e. The molecular formula is C18H22N2O2. The van der Waals surface area contributed by atoms with E-state index in [0.29, 0.717) is 6.54 Å². The number of benzene rings is 1. The Morgan fingerprint density at radius 1 is 1.23 bits per heavy atom. The Morgan fingerprint density at radius 2 is 1.91 bits per heavy atom. The molecule has 2 aromatic rings. The predicted octanol–water partition coefficient (Wildman–Crippen LogP) is 3.42. The van der Waals surface area contributed by atoms with Crippen molar-refractivity contribution in [3.63, 3.8) is 0 Å². The fourth-order valence-electron chi connectivity index (χ4n) is 3.47. The Kier molecular flexibility index (Phi) is 4.01. The molecule has 1 N–H and O–H groups in total. The number of aromatic nitrogens is 1. The molecule has 0 atom stereocenters. The number of nitrogens with zero attached hydrogens (tertiary/aromatic N) is 1. The summed E-state index contributed by atoms with van der Waals surface area (Å²) in [5.41, 5.74) is 2.58. The number of carbonyl (C=O) groups excluding carboxylic acids is 1. The van der Waals surface area contributed by atoms with Crippen molar-refractivity contribution in [3.05, 3.63) is 52.9 Å². The van der Waals surface area contributed by atoms with Gasteiger partial charge in [0.05, 0.1) is 11.1 Å². The molecule has 116 valence electrons. The molecule has 1 fully saturated rings. The summed E-state index contributed by atoms with van der Waals surface area (Å²) in [5, 5.41) is 7.05. The van der Waals surface area contributed by atoms with Gasteiger partial charge in [0.15, 0.2) is 0 Å². The summed E-state index contributed by atoms with van der Waals surface area (Å²) < 4.78 is 5.16. The topological polar surface area (TPSA) is 55.1 Å². The van der Waals surface area contributed by atoms with Gasteiger partial charge in [0, 0.05) is 12.1 Å². The summed E-state index contributed by atoms with van der Waals surface area (Å²) >= 11 is 0. The number of aryl methyl sites for hydroxylation is 2. The van der Waals surface area contributed by atoms with Crippen LogP contribution in [0.5, 0.6) is 0 Å². The van der Waals surface area contributed by atoms with Crippen molar-refractivity contribution in [2.24, 2.45) is 0 Å². The summed E-state index contributed by atoms with van der Waals surface area (Å²) in [6.45, 7) is 4.26. The minimum Gasteiger partial charge on any atom is -0.361 e. The zero-order chi connectivity index (χ0) is 15.6. The van der Waals surface area contributed by atoms with Gasteiger partial charge in [-0.05, 0) is 32.3 Å². The average molecular weight is 298 g/mol. The SMILES string of the molecule is Cc1noc(C)c1CNC(=O)C1(c2ccccc2)CCCC1. The van der Waals surface area contributed by atoms with Crippen molar-refractivity contribution in [1.82, 2.24) is 10.5 Å². The van der Waals surface area contributed by atoms with E-state index in [1.54, 1.807) is 0 Å². The van der Waals surface area contributed by atoms with Crippen LogP contribution in [-0.2, 0) is 16.8 Å². The van der Waals surface area contributed by atoms with E-state index in [4.69, 9.17) is 4.52 Å². The van der Waals surface area contributed by atoms with Crippen molar-refractivity contribution in [3.8, 4) is 0 Å². The Balaban J connectivity index is 1.80. The monoisotopic (exact) mass is 298 g/mol. The van der Waals surface area contributed by atoms with Crippen LogP contribution in [0, 0.1) is 13.8 Å². The molecule has 1 aliphatic rings. The summed E-state index contributed by atoms with van der Waals surface area (Å²) in [6, 6.07) is 10.2. The maximum atomic E-state index is 12.9. The van der Waals surface area contributed by atoms with Gasteiger partial charge in [0.25, 0.3) is 0 Å². The number of nitrogens with one attached hydrogen (secondary N) is 1. The molecule has 0 radical (unpaired) electrons.